The van der Waals surface area contributed by atoms with Crippen molar-refractivity contribution in [1.29, 1.82) is 0 Å². The van der Waals surface area contributed by atoms with Crippen LogP contribution in [0.5, 0.6) is 0 Å². The molecular formula is C26H31N7O2. The van der Waals surface area contributed by atoms with Crippen LogP contribution in [0.2, 0.25) is 0 Å². The molecule has 2 unspecified atom stereocenters. The minimum atomic E-state index is 0.0251. The first-order chi connectivity index (χ1) is 17.2. The van der Waals surface area contributed by atoms with Crippen molar-refractivity contribution in [2.24, 2.45) is 0 Å². The molecule has 0 bridgehead atoms. The van der Waals surface area contributed by atoms with Gasteiger partial charge in [-0.1, -0.05) is 31.5 Å². The summed E-state index contributed by atoms with van der Waals surface area (Å²) in [6.45, 7) is 2.61. The molecule has 9 nitrogen and oxygen atoms in total. The number of aromatic amines is 1. The summed E-state index contributed by atoms with van der Waals surface area (Å²) in [7, 11) is 1.74. The Morgan fingerprint density at radius 3 is 2.80 bits per heavy atom. The molecule has 0 aliphatic heterocycles. The zero-order valence-corrected chi connectivity index (χ0v) is 20.2. The number of tetrazole rings is 1. The number of hydrogen-bond acceptors (Lipinski definition) is 6. The Morgan fingerprint density at radius 1 is 1.14 bits per heavy atom. The molecule has 9 heteroatoms. The lowest BCUT2D eigenvalue weighted by atomic mass is 10.0. The first kappa shape index (κ1) is 23.2. The number of hydrogen-bond donors (Lipinski definition) is 1. The number of methoxy groups -OCH3 is 1. The molecular weight excluding hydrogens is 442 g/mol. The second kappa shape index (κ2) is 10.4. The molecule has 0 amide bonds. The predicted octanol–water partition coefficient (Wildman–Crippen LogP) is 4.02. The fourth-order valence-corrected chi connectivity index (χ4v) is 5.05. The molecule has 1 aliphatic rings. The van der Waals surface area contributed by atoms with E-state index in [4.69, 9.17) is 4.74 Å². The molecule has 4 aromatic rings. The number of rotatable bonds is 9. The molecule has 5 rings (SSSR count). The zero-order valence-electron chi connectivity index (χ0n) is 20.2. The van der Waals surface area contributed by atoms with Crippen molar-refractivity contribution < 1.29 is 4.74 Å². The van der Waals surface area contributed by atoms with Crippen LogP contribution in [0, 0.1) is 0 Å². The number of ether oxygens (including phenoxy) is 1. The largest absolute Gasteiger partial charge is 0.379 e. The van der Waals surface area contributed by atoms with Gasteiger partial charge in [0, 0.05) is 30.8 Å². The van der Waals surface area contributed by atoms with Gasteiger partial charge in [-0.25, -0.2) is 9.89 Å². The van der Waals surface area contributed by atoms with E-state index in [1.807, 2.05) is 39.5 Å². The molecule has 3 aromatic heterocycles. The van der Waals surface area contributed by atoms with Gasteiger partial charge in [-0.05, 0) is 71.9 Å². The van der Waals surface area contributed by atoms with Gasteiger partial charge in [-0.15, -0.1) is 5.10 Å². The van der Waals surface area contributed by atoms with E-state index in [0.29, 0.717) is 12.4 Å². The fraction of sp³-hybridized carbons (Fsp3) is 0.423. The summed E-state index contributed by atoms with van der Waals surface area (Å²) in [5, 5.41) is 14.1. The summed E-state index contributed by atoms with van der Waals surface area (Å²) < 4.78 is 9.49. The summed E-state index contributed by atoms with van der Waals surface area (Å²) in [5.74, 6) is 0.621. The van der Waals surface area contributed by atoms with Crippen molar-refractivity contribution in [2.75, 3.05) is 7.11 Å². The topological polar surface area (TPSA) is 104 Å². The second-order valence-electron chi connectivity index (χ2n) is 9.14. The number of aromatic nitrogens is 7. The molecule has 0 saturated heterocycles. The molecule has 1 N–H and O–H groups in total. The Bertz CT molecular complexity index is 1330. The highest BCUT2D eigenvalue weighted by Crippen LogP contribution is 2.32. The SMILES string of the molecule is CCCCc1cn(C2CCCC2OC)c(=O)n1Cc1cc(-c2cccc(-c3nnn[nH]3)c2)ccn1. The van der Waals surface area contributed by atoms with E-state index in [0.717, 1.165) is 66.6 Å². The van der Waals surface area contributed by atoms with Crippen LogP contribution in [0.4, 0.5) is 0 Å². The van der Waals surface area contributed by atoms with Crippen molar-refractivity contribution in [1.82, 2.24) is 34.7 Å². The molecule has 35 heavy (non-hydrogen) atoms. The summed E-state index contributed by atoms with van der Waals surface area (Å²) >= 11 is 0. The van der Waals surface area contributed by atoms with Crippen molar-refractivity contribution in [3.8, 4) is 22.5 Å². The van der Waals surface area contributed by atoms with Crippen LogP contribution < -0.4 is 5.69 Å². The monoisotopic (exact) mass is 473 g/mol. The van der Waals surface area contributed by atoms with Gasteiger partial charge in [0.2, 0.25) is 0 Å². The smallest absolute Gasteiger partial charge is 0.329 e. The van der Waals surface area contributed by atoms with Gasteiger partial charge in [-0.2, -0.15) is 0 Å². The van der Waals surface area contributed by atoms with Gasteiger partial charge < -0.3 is 4.74 Å². The minimum Gasteiger partial charge on any atom is -0.379 e. The number of unbranched alkanes of at least 4 members (excludes halogenated alkanes) is 1. The molecule has 1 fully saturated rings. The first-order valence-corrected chi connectivity index (χ1v) is 12.3. The van der Waals surface area contributed by atoms with Crippen LogP contribution in [0.3, 0.4) is 0 Å². The molecule has 1 aromatic carbocycles. The van der Waals surface area contributed by atoms with Gasteiger partial charge in [-0.3, -0.25) is 14.1 Å². The van der Waals surface area contributed by atoms with Gasteiger partial charge in [0.05, 0.1) is 24.4 Å². The molecule has 1 saturated carbocycles. The van der Waals surface area contributed by atoms with Crippen molar-refractivity contribution in [3.63, 3.8) is 0 Å². The normalized spacial score (nSPS) is 17.8. The quantitative estimate of drug-likeness (QED) is 0.394. The van der Waals surface area contributed by atoms with E-state index in [9.17, 15) is 4.79 Å². The molecule has 0 radical (unpaired) electrons. The fourth-order valence-electron chi connectivity index (χ4n) is 5.05. The van der Waals surface area contributed by atoms with E-state index >= 15 is 0 Å². The predicted molar refractivity (Wildman–Crippen MR) is 133 cm³/mol. The number of nitrogens with zero attached hydrogens (tertiary/aromatic N) is 6. The summed E-state index contributed by atoms with van der Waals surface area (Å²) in [5.41, 5.74) is 4.91. The maximum absolute atomic E-state index is 13.6. The number of aryl methyl sites for hydroxylation is 1. The average molecular weight is 474 g/mol. The van der Waals surface area contributed by atoms with Crippen molar-refractivity contribution in [3.05, 3.63) is 70.7 Å². The van der Waals surface area contributed by atoms with Gasteiger partial charge in [0.15, 0.2) is 5.82 Å². The Kier molecular flexibility index (Phi) is 6.85. The standard InChI is InChI=1S/C26H31N7O2/c1-3-4-9-22-17-33(23-10-6-11-24(23)35-2)26(34)32(22)16-21-15-19(12-13-27-21)18-7-5-8-20(14-18)25-28-30-31-29-25/h5,7-8,12-15,17,23-24H,3-4,6,9-11,16H2,1-2H3,(H,28,29,30,31). The Balaban J connectivity index is 1.46. The van der Waals surface area contributed by atoms with E-state index in [2.05, 4.69) is 44.8 Å². The van der Waals surface area contributed by atoms with Gasteiger partial charge in [0.25, 0.3) is 0 Å². The Hall–Kier alpha value is -3.59. The molecule has 1 aliphatic carbocycles. The molecule has 2 atom stereocenters. The third kappa shape index (κ3) is 4.81. The van der Waals surface area contributed by atoms with E-state index in [-0.39, 0.29) is 17.8 Å². The van der Waals surface area contributed by atoms with Crippen molar-refractivity contribution >= 4 is 0 Å². The van der Waals surface area contributed by atoms with Crippen molar-refractivity contribution in [2.45, 2.75) is 64.1 Å². The lowest BCUT2D eigenvalue weighted by Crippen LogP contribution is -2.32. The third-order valence-corrected chi connectivity index (χ3v) is 6.90. The highest BCUT2D eigenvalue weighted by Gasteiger charge is 2.31. The van der Waals surface area contributed by atoms with E-state index in [1.54, 1.807) is 13.3 Å². The summed E-state index contributed by atoms with van der Waals surface area (Å²) in [4.78, 5) is 18.2. The summed E-state index contributed by atoms with van der Waals surface area (Å²) in [6, 6.07) is 12.2. The molecule has 0 spiro atoms. The number of pyridine rings is 1. The number of H-pyrrole nitrogens is 1. The van der Waals surface area contributed by atoms with Crippen LogP contribution in [0.1, 0.15) is 56.5 Å². The average Bonchev–Trinajstić information content (AvgIpc) is 3.65. The number of nitrogens with one attached hydrogen (secondary N) is 1. The molecule has 3 heterocycles. The maximum Gasteiger partial charge on any atom is 0.329 e. The highest BCUT2D eigenvalue weighted by molar-refractivity contribution is 5.70. The lowest BCUT2D eigenvalue weighted by Gasteiger charge is -2.18. The lowest BCUT2D eigenvalue weighted by molar-refractivity contribution is 0.0737. The Labute approximate surface area is 204 Å². The number of imidazole rings is 1. The Morgan fingerprint density at radius 2 is 2.00 bits per heavy atom. The van der Waals surface area contributed by atoms with Crippen LogP contribution >= 0.6 is 0 Å². The maximum atomic E-state index is 13.6. The third-order valence-electron chi connectivity index (χ3n) is 6.90. The van der Waals surface area contributed by atoms with Crippen LogP contribution in [-0.4, -0.2) is 48.0 Å². The number of benzene rings is 1. The van der Waals surface area contributed by atoms with E-state index < -0.39 is 0 Å². The van der Waals surface area contributed by atoms with Gasteiger partial charge in [0.1, 0.15) is 0 Å². The molecule has 182 valence electrons. The second-order valence-corrected chi connectivity index (χ2v) is 9.14. The van der Waals surface area contributed by atoms with Crippen LogP contribution in [0.15, 0.2) is 53.6 Å². The summed E-state index contributed by atoms with van der Waals surface area (Å²) in [6.07, 6.45) is 9.99. The van der Waals surface area contributed by atoms with E-state index in [1.165, 1.54) is 0 Å². The van der Waals surface area contributed by atoms with Crippen LogP contribution in [-0.2, 0) is 17.7 Å². The highest BCUT2D eigenvalue weighted by atomic mass is 16.5. The van der Waals surface area contributed by atoms with Gasteiger partial charge >= 0.3 is 5.69 Å². The first-order valence-electron chi connectivity index (χ1n) is 12.3. The zero-order chi connectivity index (χ0) is 24.2. The van der Waals surface area contributed by atoms with Crippen LogP contribution in [0.25, 0.3) is 22.5 Å². The minimum absolute atomic E-state index is 0.0251.